The van der Waals surface area contributed by atoms with Crippen LogP contribution < -0.4 is 5.14 Å². The van der Waals surface area contributed by atoms with Crippen LogP contribution in [0.4, 0.5) is 5.69 Å². The number of amides is 1. The highest BCUT2D eigenvalue weighted by molar-refractivity contribution is 7.89. The summed E-state index contributed by atoms with van der Waals surface area (Å²) in [6.07, 6.45) is 0.882. The van der Waals surface area contributed by atoms with Gasteiger partial charge in [-0.15, -0.1) is 0 Å². The van der Waals surface area contributed by atoms with E-state index >= 15 is 0 Å². The maximum atomic E-state index is 12.4. The number of nitro benzene ring substituents is 1. The number of hydrogen-bond acceptors (Lipinski definition) is 5. The second-order valence-corrected chi connectivity index (χ2v) is 6.72. The third kappa shape index (κ3) is 3.37. The molecule has 0 spiro atoms. The summed E-state index contributed by atoms with van der Waals surface area (Å²) in [5.41, 5.74) is -0.335. The Morgan fingerprint density at radius 2 is 2.05 bits per heavy atom. The molecular formula is C12H15N3O5S. The largest absolute Gasteiger partial charge is 0.337 e. The molecule has 0 aliphatic carbocycles. The average molecular weight is 313 g/mol. The first-order valence-electron chi connectivity index (χ1n) is 6.35. The third-order valence-corrected chi connectivity index (χ3v) is 4.78. The molecule has 9 heteroatoms. The quantitative estimate of drug-likeness (QED) is 0.642. The monoisotopic (exact) mass is 313 g/mol. The fourth-order valence-corrected chi connectivity index (χ4v) is 3.26. The van der Waals surface area contributed by atoms with Gasteiger partial charge in [-0.25, -0.2) is 13.6 Å². The summed E-state index contributed by atoms with van der Waals surface area (Å²) in [6, 6.07) is 5.61. The number of nitrogens with two attached hydrogens (primary N) is 1. The lowest BCUT2D eigenvalue weighted by Crippen LogP contribution is -2.47. The van der Waals surface area contributed by atoms with Crippen molar-refractivity contribution in [2.45, 2.75) is 18.1 Å². The van der Waals surface area contributed by atoms with Crippen molar-refractivity contribution in [1.82, 2.24) is 4.90 Å². The van der Waals surface area contributed by atoms with Crippen molar-refractivity contribution in [3.63, 3.8) is 0 Å². The lowest BCUT2D eigenvalue weighted by molar-refractivity contribution is -0.385. The number of nitro groups is 1. The Morgan fingerprint density at radius 3 is 2.67 bits per heavy atom. The number of para-hydroxylation sites is 1. The maximum absolute atomic E-state index is 12.4. The van der Waals surface area contributed by atoms with Gasteiger partial charge in [0.15, 0.2) is 0 Å². The van der Waals surface area contributed by atoms with Crippen LogP contribution >= 0.6 is 0 Å². The lowest BCUT2D eigenvalue weighted by atomic mass is 10.1. The number of hydrogen-bond donors (Lipinski definition) is 1. The van der Waals surface area contributed by atoms with E-state index < -0.39 is 26.1 Å². The number of sulfonamides is 1. The zero-order valence-electron chi connectivity index (χ0n) is 11.1. The van der Waals surface area contributed by atoms with Crippen molar-refractivity contribution >= 4 is 21.6 Å². The molecule has 114 valence electrons. The topological polar surface area (TPSA) is 124 Å². The van der Waals surface area contributed by atoms with E-state index in [1.54, 1.807) is 0 Å². The summed E-state index contributed by atoms with van der Waals surface area (Å²) in [7, 11) is -3.73. The Bertz CT molecular complexity index is 673. The summed E-state index contributed by atoms with van der Waals surface area (Å²) in [4.78, 5) is 24.0. The van der Waals surface area contributed by atoms with E-state index in [1.807, 2.05) is 0 Å². The van der Waals surface area contributed by atoms with Gasteiger partial charge in [0, 0.05) is 19.2 Å². The summed E-state index contributed by atoms with van der Waals surface area (Å²) < 4.78 is 22.8. The Balaban J connectivity index is 2.26. The second-order valence-electron chi connectivity index (χ2n) is 4.88. The van der Waals surface area contributed by atoms with Gasteiger partial charge in [-0.05, 0) is 18.9 Å². The minimum Gasteiger partial charge on any atom is -0.337 e. The van der Waals surface area contributed by atoms with Crippen LogP contribution in [0, 0.1) is 10.1 Å². The van der Waals surface area contributed by atoms with Gasteiger partial charge >= 0.3 is 0 Å². The third-order valence-electron chi connectivity index (χ3n) is 3.46. The molecule has 1 unspecified atom stereocenters. The predicted molar refractivity (Wildman–Crippen MR) is 75.1 cm³/mol. The molecule has 8 nitrogen and oxygen atoms in total. The zero-order valence-corrected chi connectivity index (χ0v) is 12.0. The molecule has 1 aromatic rings. The predicted octanol–water partition coefficient (Wildman–Crippen LogP) is 0.488. The molecule has 1 atom stereocenters. The zero-order chi connectivity index (χ0) is 15.6. The Hall–Kier alpha value is -2.00. The molecule has 1 aliphatic heterocycles. The van der Waals surface area contributed by atoms with E-state index in [9.17, 15) is 23.3 Å². The fraction of sp³-hybridized carbons (Fsp3) is 0.417. The number of primary sulfonamides is 1. The number of piperidine rings is 1. The average Bonchev–Trinajstić information content (AvgIpc) is 2.45. The Kier molecular flexibility index (Phi) is 4.24. The molecule has 1 aromatic carbocycles. The van der Waals surface area contributed by atoms with Crippen LogP contribution in [-0.4, -0.2) is 42.5 Å². The van der Waals surface area contributed by atoms with Crippen LogP contribution in [0.5, 0.6) is 0 Å². The molecule has 0 radical (unpaired) electrons. The maximum Gasteiger partial charge on any atom is 0.282 e. The van der Waals surface area contributed by atoms with Gasteiger partial charge in [-0.1, -0.05) is 12.1 Å². The van der Waals surface area contributed by atoms with E-state index in [4.69, 9.17) is 5.14 Å². The van der Waals surface area contributed by atoms with E-state index in [0.29, 0.717) is 19.4 Å². The highest BCUT2D eigenvalue weighted by Gasteiger charge is 2.32. The van der Waals surface area contributed by atoms with Crippen LogP contribution in [-0.2, 0) is 10.0 Å². The second kappa shape index (κ2) is 5.78. The van der Waals surface area contributed by atoms with Crippen molar-refractivity contribution in [3.8, 4) is 0 Å². The van der Waals surface area contributed by atoms with Crippen molar-refractivity contribution in [2.75, 3.05) is 13.1 Å². The molecule has 1 saturated heterocycles. The van der Waals surface area contributed by atoms with Crippen molar-refractivity contribution in [1.29, 1.82) is 0 Å². The van der Waals surface area contributed by atoms with Gasteiger partial charge in [0.25, 0.3) is 11.6 Å². The SMILES string of the molecule is NS(=O)(=O)C1CCCN(C(=O)c2ccccc2[N+](=O)[O-])C1. The molecule has 0 saturated carbocycles. The van der Waals surface area contributed by atoms with Gasteiger partial charge in [-0.2, -0.15) is 0 Å². The smallest absolute Gasteiger partial charge is 0.282 e. The molecule has 1 aliphatic rings. The Morgan fingerprint density at radius 1 is 1.38 bits per heavy atom. The van der Waals surface area contributed by atoms with E-state index in [0.717, 1.165) is 0 Å². The summed E-state index contributed by atoms with van der Waals surface area (Å²) in [5, 5.41) is 15.2. The highest BCUT2D eigenvalue weighted by atomic mass is 32.2. The normalized spacial score (nSPS) is 19.3. The van der Waals surface area contributed by atoms with E-state index in [-0.39, 0.29) is 17.8 Å². The van der Waals surface area contributed by atoms with Crippen LogP contribution in [0.25, 0.3) is 0 Å². The molecule has 2 rings (SSSR count). The number of carbonyl (C=O) groups is 1. The number of carbonyl (C=O) groups excluding carboxylic acids is 1. The number of nitrogens with zero attached hydrogens (tertiary/aromatic N) is 2. The number of rotatable bonds is 3. The molecule has 1 fully saturated rings. The first-order valence-corrected chi connectivity index (χ1v) is 7.96. The molecular weight excluding hydrogens is 298 g/mol. The van der Waals surface area contributed by atoms with Gasteiger partial charge in [-0.3, -0.25) is 14.9 Å². The van der Waals surface area contributed by atoms with E-state index in [2.05, 4.69) is 0 Å². The van der Waals surface area contributed by atoms with Crippen molar-refractivity contribution in [3.05, 3.63) is 39.9 Å². The van der Waals surface area contributed by atoms with Crippen LogP contribution in [0.3, 0.4) is 0 Å². The van der Waals surface area contributed by atoms with E-state index in [1.165, 1.54) is 29.2 Å². The molecule has 2 N–H and O–H groups in total. The molecule has 1 amide bonds. The van der Waals surface area contributed by atoms with Gasteiger partial charge < -0.3 is 4.90 Å². The minimum atomic E-state index is -3.73. The first kappa shape index (κ1) is 15.4. The first-order chi connectivity index (χ1) is 9.80. The summed E-state index contributed by atoms with van der Waals surface area (Å²) in [6.45, 7) is 0.320. The van der Waals surface area contributed by atoms with Gasteiger partial charge in [0.1, 0.15) is 5.56 Å². The van der Waals surface area contributed by atoms with Crippen LogP contribution in [0.15, 0.2) is 24.3 Å². The molecule has 1 heterocycles. The number of benzene rings is 1. The van der Waals surface area contributed by atoms with Gasteiger partial charge in [0.2, 0.25) is 10.0 Å². The summed E-state index contributed by atoms with van der Waals surface area (Å²) >= 11 is 0. The minimum absolute atomic E-state index is 0.0380. The van der Waals surface area contributed by atoms with Crippen molar-refractivity contribution < 1.29 is 18.1 Å². The summed E-state index contributed by atoms with van der Waals surface area (Å²) in [5.74, 6) is -0.546. The molecule has 21 heavy (non-hydrogen) atoms. The molecule has 0 aromatic heterocycles. The number of likely N-dealkylation sites (tertiary alicyclic amines) is 1. The van der Waals surface area contributed by atoms with Crippen molar-refractivity contribution in [2.24, 2.45) is 5.14 Å². The van der Waals surface area contributed by atoms with Crippen LogP contribution in [0.1, 0.15) is 23.2 Å². The molecule has 0 bridgehead atoms. The Labute approximate surface area is 121 Å². The highest BCUT2D eigenvalue weighted by Crippen LogP contribution is 2.23. The fourth-order valence-electron chi connectivity index (χ4n) is 2.37. The van der Waals surface area contributed by atoms with Crippen LogP contribution in [0.2, 0.25) is 0 Å². The standard InChI is InChI=1S/C12H15N3O5S/c13-21(19,20)9-4-3-7-14(8-9)12(16)10-5-1-2-6-11(10)15(17)18/h1-2,5-6,9H,3-4,7-8H2,(H2,13,19,20). The van der Waals surface area contributed by atoms with Gasteiger partial charge in [0.05, 0.1) is 10.2 Å². The lowest BCUT2D eigenvalue weighted by Gasteiger charge is -2.31.